The second-order valence-electron chi connectivity index (χ2n) is 8.33. The molecule has 2 rings (SSSR count). The number of nitrogens with one attached hydrogen (secondary N) is 1. The first-order valence-corrected chi connectivity index (χ1v) is 10.7. The fourth-order valence-electron chi connectivity index (χ4n) is 3.46. The predicted octanol–water partition coefficient (Wildman–Crippen LogP) is 4.62. The van der Waals surface area contributed by atoms with Gasteiger partial charge in [-0.05, 0) is 63.6 Å². The van der Waals surface area contributed by atoms with Crippen LogP contribution in [0, 0.1) is 11.8 Å². The molecule has 0 bridgehead atoms. The molecule has 0 spiro atoms. The maximum absolute atomic E-state index is 12.7. The minimum absolute atomic E-state index is 0.129. The van der Waals surface area contributed by atoms with E-state index >= 15 is 0 Å². The Morgan fingerprint density at radius 3 is 2.71 bits per heavy atom. The van der Waals surface area contributed by atoms with Crippen LogP contribution >= 0.6 is 11.6 Å². The van der Waals surface area contributed by atoms with Crippen molar-refractivity contribution in [1.82, 2.24) is 10.2 Å². The Hall–Kier alpha value is -1.46. The van der Waals surface area contributed by atoms with Crippen LogP contribution < -0.4 is 14.8 Å². The van der Waals surface area contributed by atoms with E-state index in [0.717, 1.165) is 25.9 Å². The Bertz CT molecular complexity index is 649. The Morgan fingerprint density at radius 1 is 1.32 bits per heavy atom. The molecule has 0 radical (unpaired) electrons. The summed E-state index contributed by atoms with van der Waals surface area (Å²) < 4.78 is 11.2. The molecular weight excluding hydrogens is 376 g/mol. The Labute approximate surface area is 174 Å². The van der Waals surface area contributed by atoms with Crippen LogP contribution in [-0.2, 0) is 0 Å². The normalized spacial score (nSPS) is 17.8. The highest BCUT2D eigenvalue weighted by Gasteiger charge is 2.23. The number of carbonyl (C=O) groups excluding carboxylic acids is 1. The molecule has 5 nitrogen and oxygen atoms in total. The van der Waals surface area contributed by atoms with Gasteiger partial charge in [-0.3, -0.25) is 4.79 Å². The van der Waals surface area contributed by atoms with Crippen molar-refractivity contribution in [2.24, 2.45) is 11.8 Å². The number of rotatable bonds is 9. The molecule has 1 amide bonds. The topological polar surface area (TPSA) is 50.8 Å². The summed E-state index contributed by atoms with van der Waals surface area (Å²) in [6.45, 7) is 12.1. The van der Waals surface area contributed by atoms with Crippen LogP contribution in [0.25, 0.3) is 0 Å². The number of methoxy groups -OCH3 is 1. The number of halogens is 1. The molecule has 0 aromatic heterocycles. The van der Waals surface area contributed by atoms with Gasteiger partial charge in [0.15, 0.2) is 11.5 Å². The van der Waals surface area contributed by atoms with E-state index in [-0.39, 0.29) is 5.91 Å². The average Bonchev–Trinajstić information content (AvgIpc) is 2.66. The van der Waals surface area contributed by atoms with Gasteiger partial charge in [-0.1, -0.05) is 25.4 Å². The lowest BCUT2D eigenvalue weighted by atomic mass is 9.97. The van der Waals surface area contributed by atoms with E-state index in [0.29, 0.717) is 53.1 Å². The summed E-state index contributed by atoms with van der Waals surface area (Å²) >= 11 is 6.38. The molecule has 1 fully saturated rings. The Balaban J connectivity index is 1.98. The number of hydrogen-bond acceptors (Lipinski definition) is 4. The third-order valence-corrected chi connectivity index (χ3v) is 5.55. The van der Waals surface area contributed by atoms with Gasteiger partial charge in [-0.25, -0.2) is 0 Å². The lowest BCUT2D eigenvalue weighted by Crippen LogP contribution is -2.43. The highest BCUT2D eigenvalue weighted by atomic mass is 35.5. The highest BCUT2D eigenvalue weighted by molar-refractivity contribution is 6.32. The zero-order valence-corrected chi connectivity index (χ0v) is 18.6. The predicted molar refractivity (Wildman–Crippen MR) is 115 cm³/mol. The number of carbonyl (C=O) groups is 1. The van der Waals surface area contributed by atoms with Crippen molar-refractivity contribution in [1.29, 1.82) is 0 Å². The van der Waals surface area contributed by atoms with E-state index in [1.807, 2.05) is 0 Å². The van der Waals surface area contributed by atoms with E-state index < -0.39 is 0 Å². The standard InChI is InChI=1S/C22H35ClN2O3/c1-15(2)8-10-28-21-19(23)11-18(12-20(21)27-5)22(26)24-13-17-7-6-9-25(14-17)16(3)4/h11-12,15-17H,6-10,13-14H2,1-5H3,(H,24,26). The molecule has 1 N–H and O–H groups in total. The minimum atomic E-state index is -0.129. The molecule has 1 unspecified atom stereocenters. The van der Waals surface area contributed by atoms with Gasteiger partial charge in [0, 0.05) is 24.7 Å². The van der Waals surface area contributed by atoms with E-state index in [2.05, 4.69) is 37.9 Å². The highest BCUT2D eigenvalue weighted by Crippen LogP contribution is 2.36. The number of ether oxygens (including phenoxy) is 2. The SMILES string of the molecule is COc1cc(C(=O)NCC2CCCN(C(C)C)C2)cc(Cl)c1OCCC(C)C. The number of amides is 1. The number of hydrogen-bond donors (Lipinski definition) is 1. The van der Waals surface area contributed by atoms with Gasteiger partial charge in [0.2, 0.25) is 0 Å². The molecule has 0 aliphatic carbocycles. The Kier molecular flexibility index (Phi) is 8.90. The minimum Gasteiger partial charge on any atom is -0.493 e. The quantitative estimate of drug-likeness (QED) is 0.645. The number of nitrogens with zero attached hydrogens (tertiary/aromatic N) is 1. The summed E-state index contributed by atoms with van der Waals surface area (Å²) in [7, 11) is 1.56. The Morgan fingerprint density at radius 2 is 2.07 bits per heavy atom. The average molecular weight is 411 g/mol. The van der Waals surface area contributed by atoms with Crippen LogP contribution in [0.15, 0.2) is 12.1 Å². The first kappa shape index (κ1) is 22.8. The first-order chi connectivity index (χ1) is 13.3. The molecular formula is C22H35ClN2O3. The zero-order valence-electron chi connectivity index (χ0n) is 17.9. The first-order valence-electron chi connectivity index (χ1n) is 10.3. The molecule has 1 aliphatic rings. The van der Waals surface area contributed by atoms with Crippen LogP contribution in [0.2, 0.25) is 5.02 Å². The fourth-order valence-corrected chi connectivity index (χ4v) is 3.72. The van der Waals surface area contributed by atoms with E-state index in [1.165, 1.54) is 6.42 Å². The van der Waals surface area contributed by atoms with E-state index in [9.17, 15) is 4.79 Å². The summed E-state index contributed by atoms with van der Waals surface area (Å²) in [5.74, 6) is 1.89. The molecule has 1 aliphatic heterocycles. The second-order valence-corrected chi connectivity index (χ2v) is 8.73. The largest absolute Gasteiger partial charge is 0.493 e. The lowest BCUT2D eigenvalue weighted by molar-refractivity contribution is 0.0922. The summed E-state index contributed by atoms with van der Waals surface area (Å²) in [6.07, 6.45) is 3.26. The maximum atomic E-state index is 12.7. The lowest BCUT2D eigenvalue weighted by Gasteiger charge is -2.35. The van der Waals surface area contributed by atoms with Crippen LogP contribution in [0.5, 0.6) is 11.5 Å². The molecule has 1 aromatic rings. The number of benzene rings is 1. The summed E-state index contributed by atoms with van der Waals surface area (Å²) in [4.78, 5) is 15.1. The van der Waals surface area contributed by atoms with Crippen molar-refractivity contribution in [3.05, 3.63) is 22.7 Å². The van der Waals surface area contributed by atoms with Crippen molar-refractivity contribution in [2.45, 2.75) is 53.0 Å². The molecule has 0 saturated carbocycles. The summed E-state index contributed by atoms with van der Waals surface area (Å²) in [5.41, 5.74) is 0.495. The molecule has 28 heavy (non-hydrogen) atoms. The third-order valence-electron chi connectivity index (χ3n) is 5.27. The molecule has 6 heteroatoms. The van der Waals surface area contributed by atoms with Gasteiger partial charge in [0.05, 0.1) is 18.7 Å². The van der Waals surface area contributed by atoms with Gasteiger partial charge in [-0.2, -0.15) is 0 Å². The van der Waals surface area contributed by atoms with E-state index in [4.69, 9.17) is 21.1 Å². The van der Waals surface area contributed by atoms with Crippen molar-refractivity contribution in [3.63, 3.8) is 0 Å². The fraction of sp³-hybridized carbons (Fsp3) is 0.682. The van der Waals surface area contributed by atoms with Crippen molar-refractivity contribution in [2.75, 3.05) is 33.4 Å². The zero-order chi connectivity index (χ0) is 20.7. The van der Waals surface area contributed by atoms with Crippen LogP contribution in [-0.4, -0.2) is 50.2 Å². The van der Waals surface area contributed by atoms with E-state index in [1.54, 1.807) is 19.2 Å². The summed E-state index contributed by atoms with van der Waals surface area (Å²) in [6, 6.07) is 3.91. The third kappa shape index (κ3) is 6.56. The second kappa shape index (κ2) is 10.9. The molecule has 1 heterocycles. The van der Waals surface area contributed by atoms with Crippen LogP contribution in [0.3, 0.4) is 0 Å². The van der Waals surface area contributed by atoms with Crippen LogP contribution in [0.1, 0.15) is 57.3 Å². The van der Waals surface area contributed by atoms with Crippen molar-refractivity contribution < 1.29 is 14.3 Å². The molecule has 158 valence electrons. The van der Waals surface area contributed by atoms with Gasteiger partial charge in [0.25, 0.3) is 5.91 Å². The number of piperidine rings is 1. The number of likely N-dealkylation sites (tertiary alicyclic amines) is 1. The smallest absolute Gasteiger partial charge is 0.251 e. The van der Waals surface area contributed by atoms with Gasteiger partial charge in [0.1, 0.15) is 0 Å². The summed E-state index contributed by atoms with van der Waals surface area (Å²) in [5, 5.41) is 3.46. The monoisotopic (exact) mass is 410 g/mol. The van der Waals surface area contributed by atoms with Gasteiger partial charge >= 0.3 is 0 Å². The van der Waals surface area contributed by atoms with Gasteiger partial charge in [-0.15, -0.1) is 0 Å². The van der Waals surface area contributed by atoms with Crippen LogP contribution in [0.4, 0.5) is 0 Å². The van der Waals surface area contributed by atoms with Crippen molar-refractivity contribution in [3.8, 4) is 11.5 Å². The molecule has 1 atom stereocenters. The molecule has 1 saturated heterocycles. The van der Waals surface area contributed by atoms with Crippen molar-refractivity contribution >= 4 is 17.5 Å². The maximum Gasteiger partial charge on any atom is 0.251 e. The van der Waals surface area contributed by atoms with Gasteiger partial charge < -0.3 is 19.7 Å². The molecule has 1 aromatic carbocycles.